The fourth-order valence-corrected chi connectivity index (χ4v) is 2.31. The molecule has 20 heavy (non-hydrogen) atoms. The summed E-state index contributed by atoms with van der Waals surface area (Å²) < 4.78 is 11.5. The third-order valence-electron chi connectivity index (χ3n) is 2.67. The highest BCUT2D eigenvalue weighted by Gasteiger charge is 2.06. The van der Waals surface area contributed by atoms with Crippen LogP contribution >= 0.6 is 11.8 Å². The molecule has 0 spiro atoms. The lowest BCUT2D eigenvalue weighted by Gasteiger charge is -2.12. The first-order valence-electron chi connectivity index (χ1n) is 6.57. The molecule has 0 bridgehead atoms. The van der Waals surface area contributed by atoms with Gasteiger partial charge in [0.2, 0.25) is 0 Å². The van der Waals surface area contributed by atoms with E-state index in [1.807, 2.05) is 42.7 Å². The normalized spacial score (nSPS) is 10.3. The van der Waals surface area contributed by atoms with Crippen molar-refractivity contribution in [3.63, 3.8) is 0 Å². The minimum absolute atomic E-state index is 0.634. The zero-order chi connectivity index (χ0) is 14.4. The second-order valence-electron chi connectivity index (χ2n) is 4.34. The number of benzene rings is 2. The van der Waals surface area contributed by atoms with Gasteiger partial charge < -0.3 is 15.2 Å². The highest BCUT2D eigenvalue weighted by atomic mass is 32.2. The van der Waals surface area contributed by atoms with E-state index in [0.717, 1.165) is 22.8 Å². The van der Waals surface area contributed by atoms with Gasteiger partial charge in [0.05, 0.1) is 6.61 Å². The summed E-state index contributed by atoms with van der Waals surface area (Å²) in [4.78, 5) is 1.09. The van der Waals surface area contributed by atoms with Crippen LogP contribution in [0.1, 0.15) is 13.3 Å². The number of hydrogen-bond donors (Lipinski definition) is 1. The smallest absolute Gasteiger partial charge is 0.140 e. The van der Waals surface area contributed by atoms with Crippen molar-refractivity contribution >= 4 is 17.4 Å². The van der Waals surface area contributed by atoms with Crippen molar-refractivity contribution in [2.24, 2.45) is 0 Å². The number of hydrogen-bond acceptors (Lipinski definition) is 4. The second kappa shape index (κ2) is 7.10. The molecule has 0 heterocycles. The molecule has 0 aliphatic heterocycles. The molecule has 0 unspecified atom stereocenters. The van der Waals surface area contributed by atoms with E-state index in [1.54, 1.807) is 17.8 Å². The Morgan fingerprint density at radius 3 is 2.60 bits per heavy atom. The zero-order valence-corrected chi connectivity index (χ0v) is 12.6. The molecule has 3 nitrogen and oxygen atoms in total. The van der Waals surface area contributed by atoms with Gasteiger partial charge >= 0.3 is 0 Å². The van der Waals surface area contributed by atoms with E-state index in [4.69, 9.17) is 15.2 Å². The topological polar surface area (TPSA) is 44.5 Å². The van der Waals surface area contributed by atoms with Crippen molar-refractivity contribution in [1.29, 1.82) is 0 Å². The maximum atomic E-state index is 5.92. The van der Waals surface area contributed by atoms with Gasteiger partial charge in [-0.3, -0.25) is 0 Å². The van der Waals surface area contributed by atoms with Crippen LogP contribution in [0, 0.1) is 0 Å². The Kier molecular flexibility index (Phi) is 5.18. The first-order chi connectivity index (χ1) is 9.72. The summed E-state index contributed by atoms with van der Waals surface area (Å²) in [6, 6.07) is 13.4. The van der Waals surface area contributed by atoms with Gasteiger partial charge in [0.1, 0.15) is 17.2 Å². The fourth-order valence-electron chi connectivity index (χ4n) is 1.79. The van der Waals surface area contributed by atoms with Crippen molar-refractivity contribution in [1.82, 2.24) is 0 Å². The van der Waals surface area contributed by atoms with E-state index in [2.05, 4.69) is 6.92 Å². The number of ether oxygens (including phenoxy) is 2. The van der Waals surface area contributed by atoms with Gasteiger partial charge in [0.15, 0.2) is 0 Å². The van der Waals surface area contributed by atoms with Crippen LogP contribution in [0.15, 0.2) is 47.4 Å². The maximum absolute atomic E-state index is 5.92. The molecule has 0 saturated heterocycles. The fraction of sp³-hybridized carbons (Fsp3) is 0.250. The number of para-hydroxylation sites is 1. The van der Waals surface area contributed by atoms with Crippen LogP contribution in [0.2, 0.25) is 0 Å². The Balaban J connectivity index is 2.22. The molecule has 0 fully saturated rings. The Morgan fingerprint density at radius 2 is 1.85 bits per heavy atom. The predicted molar refractivity (Wildman–Crippen MR) is 84.9 cm³/mol. The van der Waals surface area contributed by atoms with E-state index in [-0.39, 0.29) is 0 Å². The van der Waals surface area contributed by atoms with Crippen LogP contribution in [-0.2, 0) is 0 Å². The lowest BCUT2D eigenvalue weighted by Crippen LogP contribution is -1.97. The standard InChI is InChI=1S/C16H19NO2S/c1-3-8-18-13-9-12(17)10-14(11-13)19-15-6-4-5-7-16(15)20-2/h4-7,9-11H,3,8,17H2,1-2H3. The summed E-state index contributed by atoms with van der Waals surface area (Å²) in [6.45, 7) is 2.74. The molecule has 0 amide bonds. The van der Waals surface area contributed by atoms with Crippen molar-refractivity contribution < 1.29 is 9.47 Å². The van der Waals surface area contributed by atoms with Gasteiger partial charge in [0.25, 0.3) is 0 Å². The van der Waals surface area contributed by atoms with Crippen LogP contribution in [0.3, 0.4) is 0 Å². The lowest BCUT2D eigenvalue weighted by molar-refractivity contribution is 0.316. The van der Waals surface area contributed by atoms with Gasteiger partial charge in [0, 0.05) is 28.8 Å². The summed E-state index contributed by atoms with van der Waals surface area (Å²) in [5.74, 6) is 2.26. The van der Waals surface area contributed by atoms with Gasteiger partial charge in [-0.15, -0.1) is 11.8 Å². The molecular weight excluding hydrogens is 270 g/mol. The van der Waals surface area contributed by atoms with Crippen molar-refractivity contribution in [2.75, 3.05) is 18.6 Å². The first-order valence-corrected chi connectivity index (χ1v) is 7.79. The van der Waals surface area contributed by atoms with Crippen molar-refractivity contribution in [2.45, 2.75) is 18.2 Å². The minimum Gasteiger partial charge on any atom is -0.493 e. The average Bonchev–Trinajstić information content (AvgIpc) is 2.45. The third kappa shape index (κ3) is 3.84. The molecule has 0 aliphatic carbocycles. The Labute approximate surface area is 124 Å². The van der Waals surface area contributed by atoms with Gasteiger partial charge in [-0.2, -0.15) is 0 Å². The van der Waals surface area contributed by atoms with E-state index in [9.17, 15) is 0 Å². The molecule has 0 aromatic heterocycles. The van der Waals surface area contributed by atoms with Gasteiger partial charge in [-0.25, -0.2) is 0 Å². The molecular formula is C16H19NO2S. The molecule has 106 valence electrons. The first kappa shape index (κ1) is 14.6. The zero-order valence-electron chi connectivity index (χ0n) is 11.8. The Hall–Kier alpha value is -1.81. The number of nitrogens with two attached hydrogens (primary N) is 1. The van der Waals surface area contributed by atoms with Crippen LogP contribution in [0.25, 0.3) is 0 Å². The maximum Gasteiger partial charge on any atom is 0.140 e. The molecule has 0 radical (unpaired) electrons. The van der Waals surface area contributed by atoms with E-state index in [1.165, 1.54) is 0 Å². The average molecular weight is 289 g/mol. The van der Waals surface area contributed by atoms with E-state index < -0.39 is 0 Å². The molecule has 2 aromatic carbocycles. The van der Waals surface area contributed by atoms with Crippen LogP contribution in [0.4, 0.5) is 5.69 Å². The molecule has 0 atom stereocenters. The number of thioether (sulfide) groups is 1. The second-order valence-corrected chi connectivity index (χ2v) is 5.19. The summed E-state index contributed by atoms with van der Waals surface area (Å²) in [7, 11) is 0. The van der Waals surface area contributed by atoms with Gasteiger partial charge in [-0.05, 0) is 24.8 Å². The lowest BCUT2D eigenvalue weighted by atomic mass is 10.3. The van der Waals surface area contributed by atoms with Crippen LogP contribution in [0.5, 0.6) is 17.2 Å². The summed E-state index contributed by atoms with van der Waals surface area (Å²) >= 11 is 1.65. The van der Waals surface area contributed by atoms with E-state index in [0.29, 0.717) is 18.0 Å². The largest absolute Gasteiger partial charge is 0.493 e. The molecule has 4 heteroatoms. The van der Waals surface area contributed by atoms with Crippen LogP contribution < -0.4 is 15.2 Å². The van der Waals surface area contributed by atoms with Crippen molar-refractivity contribution in [3.8, 4) is 17.2 Å². The Morgan fingerprint density at radius 1 is 1.10 bits per heavy atom. The summed E-state index contributed by atoms with van der Waals surface area (Å²) in [5, 5.41) is 0. The number of nitrogen functional groups attached to an aromatic ring is 1. The quantitative estimate of drug-likeness (QED) is 0.625. The van der Waals surface area contributed by atoms with Crippen molar-refractivity contribution in [3.05, 3.63) is 42.5 Å². The monoisotopic (exact) mass is 289 g/mol. The SMILES string of the molecule is CCCOc1cc(N)cc(Oc2ccccc2SC)c1. The molecule has 2 rings (SSSR count). The molecule has 2 N–H and O–H groups in total. The molecule has 2 aromatic rings. The molecule has 0 aliphatic rings. The predicted octanol–water partition coefficient (Wildman–Crippen LogP) is 4.57. The number of anilines is 1. The number of rotatable bonds is 6. The van der Waals surface area contributed by atoms with E-state index >= 15 is 0 Å². The van der Waals surface area contributed by atoms with Gasteiger partial charge in [-0.1, -0.05) is 19.1 Å². The molecule has 0 saturated carbocycles. The summed E-state index contributed by atoms with van der Waals surface area (Å²) in [5.41, 5.74) is 6.52. The highest BCUT2D eigenvalue weighted by molar-refractivity contribution is 7.98. The Bertz CT molecular complexity index is 572. The third-order valence-corrected chi connectivity index (χ3v) is 3.45. The van der Waals surface area contributed by atoms with Crippen LogP contribution in [-0.4, -0.2) is 12.9 Å². The minimum atomic E-state index is 0.634. The summed E-state index contributed by atoms with van der Waals surface area (Å²) in [6.07, 6.45) is 2.98. The highest BCUT2D eigenvalue weighted by Crippen LogP contribution is 2.33.